The zero-order valence-corrected chi connectivity index (χ0v) is 19.4. The first-order valence-electron chi connectivity index (χ1n) is 11.1. The SMILES string of the molecule is CC(C)(C)c1cc(C(=O)NC2CC3C(=O)Nc4ccccc4N3C2)cc(C(C)(C)C)c1. The number of nitrogens with one attached hydrogen (secondary N) is 2. The molecule has 5 nitrogen and oxygen atoms in total. The third kappa shape index (κ3) is 4.18. The minimum atomic E-state index is -0.244. The fourth-order valence-electron chi connectivity index (χ4n) is 4.39. The number of fused-ring (bicyclic) bond motifs is 3. The van der Waals surface area contributed by atoms with Crippen molar-refractivity contribution >= 4 is 23.2 Å². The molecule has 1 saturated heterocycles. The summed E-state index contributed by atoms with van der Waals surface area (Å²) in [6.07, 6.45) is 0.608. The Bertz CT molecular complexity index is 997. The molecule has 0 spiro atoms. The van der Waals surface area contributed by atoms with Crippen molar-refractivity contribution in [1.29, 1.82) is 0 Å². The molecule has 0 radical (unpaired) electrons. The smallest absolute Gasteiger partial charge is 0.251 e. The molecule has 164 valence electrons. The van der Waals surface area contributed by atoms with Crippen molar-refractivity contribution in [1.82, 2.24) is 5.32 Å². The summed E-state index contributed by atoms with van der Waals surface area (Å²) in [5.41, 5.74) is 4.76. The lowest BCUT2D eigenvalue weighted by Crippen LogP contribution is -2.44. The quantitative estimate of drug-likeness (QED) is 0.747. The third-order valence-electron chi connectivity index (χ3n) is 6.34. The van der Waals surface area contributed by atoms with Gasteiger partial charge < -0.3 is 15.5 Å². The Kier molecular flexibility index (Phi) is 5.11. The minimum absolute atomic E-state index is 0.000183. The van der Waals surface area contributed by atoms with Crippen molar-refractivity contribution in [3.63, 3.8) is 0 Å². The average Bonchev–Trinajstić information content (AvgIpc) is 3.11. The van der Waals surface area contributed by atoms with E-state index in [0.717, 1.165) is 22.5 Å². The van der Waals surface area contributed by atoms with Crippen LogP contribution in [0.2, 0.25) is 0 Å². The number of rotatable bonds is 2. The molecule has 0 aromatic heterocycles. The normalized spacial score (nSPS) is 20.7. The molecule has 4 rings (SSSR count). The van der Waals surface area contributed by atoms with E-state index in [4.69, 9.17) is 0 Å². The Morgan fingerprint density at radius 1 is 1.00 bits per heavy atom. The van der Waals surface area contributed by atoms with Crippen LogP contribution in [0.25, 0.3) is 0 Å². The molecule has 2 N–H and O–H groups in total. The van der Waals surface area contributed by atoms with Crippen LogP contribution in [0.4, 0.5) is 11.4 Å². The van der Waals surface area contributed by atoms with Crippen molar-refractivity contribution < 1.29 is 9.59 Å². The van der Waals surface area contributed by atoms with Gasteiger partial charge in [0.25, 0.3) is 5.91 Å². The van der Waals surface area contributed by atoms with E-state index >= 15 is 0 Å². The lowest BCUT2D eigenvalue weighted by Gasteiger charge is -2.32. The van der Waals surface area contributed by atoms with E-state index in [1.165, 1.54) is 0 Å². The maximum atomic E-state index is 13.3. The predicted molar refractivity (Wildman–Crippen MR) is 126 cm³/mol. The standard InChI is InChI=1S/C26H33N3O2/c1-25(2,3)17-11-16(12-18(13-17)26(4,5)6)23(30)27-19-14-22-24(31)28-20-9-7-8-10-21(20)29(22)15-19/h7-13,19,22H,14-15H2,1-6H3,(H,27,30)(H,28,31). The number of carbonyl (C=O) groups excluding carboxylic acids is 2. The zero-order chi connectivity index (χ0) is 22.6. The van der Waals surface area contributed by atoms with Gasteiger partial charge in [-0.15, -0.1) is 0 Å². The first kappa shape index (κ1) is 21.4. The molecule has 2 aliphatic rings. The van der Waals surface area contributed by atoms with Crippen LogP contribution in [0.5, 0.6) is 0 Å². The van der Waals surface area contributed by atoms with Gasteiger partial charge in [-0.2, -0.15) is 0 Å². The van der Waals surface area contributed by atoms with E-state index < -0.39 is 0 Å². The van der Waals surface area contributed by atoms with Gasteiger partial charge in [-0.25, -0.2) is 0 Å². The summed E-state index contributed by atoms with van der Waals surface area (Å²) in [4.78, 5) is 28.0. The topological polar surface area (TPSA) is 61.4 Å². The molecule has 31 heavy (non-hydrogen) atoms. The van der Waals surface area contributed by atoms with Crippen LogP contribution in [0.1, 0.15) is 69.4 Å². The molecule has 0 aliphatic carbocycles. The van der Waals surface area contributed by atoms with Gasteiger partial charge in [0.2, 0.25) is 5.91 Å². The van der Waals surface area contributed by atoms with E-state index in [0.29, 0.717) is 18.5 Å². The zero-order valence-electron chi connectivity index (χ0n) is 19.4. The first-order chi connectivity index (χ1) is 14.4. The van der Waals surface area contributed by atoms with Crippen molar-refractivity contribution in [3.05, 3.63) is 59.2 Å². The Morgan fingerprint density at radius 2 is 1.61 bits per heavy atom. The summed E-state index contributed by atoms with van der Waals surface area (Å²) in [7, 11) is 0. The van der Waals surface area contributed by atoms with Gasteiger partial charge in [-0.1, -0.05) is 59.7 Å². The number of nitrogens with zero attached hydrogens (tertiary/aromatic N) is 1. The summed E-state index contributed by atoms with van der Waals surface area (Å²) in [5.74, 6) is -0.0738. The third-order valence-corrected chi connectivity index (χ3v) is 6.34. The van der Waals surface area contributed by atoms with Crippen molar-refractivity contribution in [2.24, 2.45) is 0 Å². The molecule has 0 saturated carbocycles. The number of hydrogen-bond donors (Lipinski definition) is 2. The second kappa shape index (κ2) is 7.40. The van der Waals surface area contributed by atoms with Crippen molar-refractivity contribution in [2.45, 2.75) is 70.9 Å². The van der Waals surface area contributed by atoms with Gasteiger partial charge in [0.1, 0.15) is 6.04 Å². The average molecular weight is 420 g/mol. The molecular formula is C26H33N3O2. The first-order valence-corrected chi connectivity index (χ1v) is 11.1. The largest absolute Gasteiger partial charge is 0.356 e. The van der Waals surface area contributed by atoms with E-state index in [1.807, 2.05) is 36.4 Å². The molecule has 2 aromatic rings. The Morgan fingerprint density at radius 3 is 2.23 bits per heavy atom. The van der Waals surface area contributed by atoms with Gasteiger partial charge in [0.05, 0.1) is 11.4 Å². The van der Waals surface area contributed by atoms with Crippen LogP contribution < -0.4 is 15.5 Å². The minimum Gasteiger partial charge on any atom is -0.356 e. The highest BCUT2D eigenvalue weighted by Crippen LogP contribution is 2.36. The summed E-state index contributed by atoms with van der Waals surface area (Å²) in [6, 6.07) is 13.7. The summed E-state index contributed by atoms with van der Waals surface area (Å²) >= 11 is 0. The number of anilines is 2. The van der Waals surface area contributed by atoms with E-state index in [1.54, 1.807) is 0 Å². The van der Waals surface area contributed by atoms with Crippen LogP contribution in [-0.4, -0.2) is 30.4 Å². The molecule has 2 amide bonds. The number of amides is 2. The highest BCUT2D eigenvalue weighted by Gasteiger charge is 2.41. The monoisotopic (exact) mass is 419 g/mol. The number of benzene rings is 2. The van der Waals surface area contributed by atoms with Crippen molar-refractivity contribution in [2.75, 3.05) is 16.8 Å². The van der Waals surface area contributed by atoms with Crippen molar-refractivity contribution in [3.8, 4) is 0 Å². The van der Waals surface area contributed by atoms with Crippen LogP contribution >= 0.6 is 0 Å². The van der Waals surface area contributed by atoms with Crippen LogP contribution in [0.15, 0.2) is 42.5 Å². The number of hydrogen-bond acceptors (Lipinski definition) is 3. The Hall–Kier alpha value is -2.82. The second-order valence-electron chi connectivity index (χ2n) is 10.9. The summed E-state index contributed by atoms with van der Waals surface area (Å²) in [5, 5.41) is 6.19. The molecule has 2 unspecified atom stereocenters. The number of carbonyl (C=O) groups is 2. The molecule has 1 fully saturated rings. The van der Waals surface area contributed by atoms with Crippen LogP contribution in [0, 0.1) is 0 Å². The molecule has 5 heteroatoms. The van der Waals surface area contributed by atoms with Gasteiger partial charge in [0, 0.05) is 18.2 Å². The Labute approximate surface area is 185 Å². The van der Waals surface area contributed by atoms with Gasteiger partial charge in [0.15, 0.2) is 0 Å². The van der Waals surface area contributed by atoms with Gasteiger partial charge in [-0.05, 0) is 52.6 Å². The number of para-hydroxylation sites is 2. The highest BCUT2D eigenvalue weighted by molar-refractivity contribution is 6.04. The molecule has 2 aromatic carbocycles. The lowest BCUT2D eigenvalue weighted by atomic mass is 9.79. The fourth-order valence-corrected chi connectivity index (χ4v) is 4.39. The molecular weight excluding hydrogens is 386 g/mol. The lowest BCUT2D eigenvalue weighted by molar-refractivity contribution is -0.117. The summed E-state index contributed by atoms with van der Waals surface area (Å²) < 4.78 is 0. The maximum absolute atomic E-state index is 13.3. The Balaban J connectivity index is 1.58. The van der Waals surface area contributed by atoms with Gasteiger partial charge in [-0.3, -0.25) is 9.59 Å². The second-order valence-corrected chi connectivity index (χ2v) is 10.9. The van der Waals surface area contributed by atoms with Gasteiger partial charge >= 0.3 is 0 Å². The highest BCUT2D eigenvalue weighted by atomic mass is 16.2. The molecule has 2 heterocycles. The molecule has 0 bridgehead atoms. The van der Waals surface area contributed by atoms with Crippen LogP contribution in [0.3, 0.4) is 0 Å². The predicted octanol–water partition coefficient (Wildman–Crippen LogP) is 4.61. The van der Waals surface area contributed by atoms with E-state index in [-0.39, 0.29) is 34.7 Å². The van der Waals surface area contributed by atoms with E-state index in [2.05, 4.69) is 63.1 Å². The fraction of sp³-hybridized carbons (Fsp3) is 0.462. The molecule has 2 aliphatic heterocycles. The molecule has 2 atom stereocenters. The summed E-state index contributed by atoms with van der Waals surface area (Å²) in [6.45, 7) is 13.6. The van der Waals surface area contributed by atoms with E-state index in [9.17, 15) is 9.59 Å². The van der Waals surface area contributed by atoms with Crippen LogP contribution in [-0.2, 0) is 15.6 Å². The maximum Gasteiger partial charge on any atom is 0.251 e.